The van der Waals surface area contributed by atoms with Crippen molar-refractivity contribution in [3.05, 3.63) is 0 Å². The van der Waals surface area contributed by atoms with Gasteiger partial charge in [0.25, 0.3) is 0 Å². The predicted octanol–water partition coefficient (Wildman–Crippen LogP) is 0.326. The average Bonchev–Trinajstić information content (AvgIpc) is 2.66. The second-order valence-corrected chi connectivity index (χ2v) is 5.57. The van der Waals surface area contributed by atoms with Crippen LogP contribution in [0.25, 0.3) is 0 Å². The van der Waals surface area contributed by atoms with Gasteiger partial charge >= 0.3 is 11.5 Å². The van der Waals surface area contributed by atoms with E-state index in [2.05, 4.69) is 10.1 Å². The van der Waals surface area contributed by atoms with E-state index in [0.29, 0.717) is 13.2 Å². The van der Waals surface area contributed by atoms with E-state index in [0.717, 1.165) is 25.7 Å². The van der Waals surface area contributed by atoms with E-state index in [1.54, 1.807) is 0 Å². The molecule has 1 amide bonds. The topological polar surface area (TPSA) is 172 Å². The molecule has 10 nitrogen and oxygen atoms in total. The maximum atomic E-state index is 10.9. The number of rotatable bonds is 11. The Balaban J connectivity index is -0.000000351. The number of alkyl carbamates (subject to hydrolysis) is 1. The number of aliphatic hydroxyl groups excluding tert-OH is 4. The van der Waals surface area contributed by atoms with E-state index >= 15 is 0 Å². The first-order valence-electron chi connectivity index (χ1n) is 8.77. The summed E-state index contributed by atoms with van der Waals surface area (Å²) in [4.78, 5) is 20.8. The fourth-order valence-corrected chi connectivity index (χ4v) is 1.10. The first kappa shape index (κ1) is 30.6. The lowest BCUT2D eigenvalue weighted by Gasteiger charge is -2.12. The van der Waals surface area contributed by atoms with Crippen LogP contribution in [0.5, 0.6) is 0 Å². The summed E-state index contributed by atoms with van der Waals surface area (Å²) < 4.78 is 9.15. The third kappa shape index (κ3) is 29.8. The lowest BCUT2D eigenvalue weighted by molar-refractivity contribution is 0.120. The summed E-state index contributed by atoms with van der Waals surface area (Å²) in [5, 5.41) is 35.6. The van der Waals surface area contributed by atoms with Crippen molar-refractivity contribution >= 4 is 23.1 Å². The summed E-state index contributed by atoms with van der Waals surface area (Å²) in [6.07, 6.45) is 3.08. The Morgan fingerprint density at radius 2 is 1.37 bits per heavy atom. The van der Waals surface area contributed by atoms with Gasteiger partial charge in [-0.3, -0.25) is 0 Å². The second-order valence-electron chi connectivity index (χ2n) is 5.26. The van der Waals surface area contributed by atoms with E-state index in [9.17, 15) is 9.59 Å². The normalized spacial score (nSPS) is 9.70. The van der Waals surface area contributed by atoms with Crippen LogP contribution in [-0.2, 0) is 9.47 Å². The number of halogens is 1. The maximum absolute atomic E-state index is 10.9. The zero-order valence-corrected chi connectivity index (χ0v) is 16.9. The quantitative estimate of drug-likeness (QED) is 0.204. The van der Waals surface area contributed by atoms with Gasteiger partial charge in [0.15, 0.2) is 0 Å². The molecule has 0 aliphatic carbocycles. The molecule has 0 rings (SSSR count). The minimum atomic E-state index is -0.710. The minimum Gasteiger partial charge on any atom is -0.454 e. The van der Waals surface area contributed by atoms with E-state index in [1.807, 2.05) is 13.8 Å². The molecule has 7 N–H and O–H groups in total. The smallest absolute Gasteiger partial charge is 0.407 e. The molecule has 164 valence electrons. The van der Waals surface area contributed by atoms with E-state index < -0.39 is 23.6 Å². The van der Waals surface area contributed by atoms with E-state index in [4.69, 9.17) is 42.5 Å². The fraction of sp³-hybridized carbons (Fsp3) is 0.875. The summed E-state index contributed by atoms with van der Waals surface area (Å²) >= 11 is 4.85. The van der Waals surface area contributed by atoms with Gasteiger partial charge in [-0.1, -0.05) is 26.7 Å². The van der Waals surface area contributed by atoms with Crippen LogP contribution in [0.15, 0.2) is 0 Å². The summed E-state index contributed by atoms with van der Waals surface area (Å²) in [6, 6.07) is -1.08. The van der Waals surface area contributed by atoms with Crippen molar-refractivity contribution in [3.63, 3.8) is 0 Å². The highest BCUT2D eigenvalue weighted by Crippen LogP contribution is 1.91. The van der Waals surface area contributed by atoms with Crippen molar-refractivity contribution in [2.24, 2.45) is 5.73 Å². The molecule has 0 bridgehead atoms. The average molecular weight is 419 g/mol. The third-order valence-corrected chi connectivity index (χ3v) is 2.79. The van der Waals surface area contributed by atoms with E-state index in [-0.39, 0.29) is 26.4 Å². The number of hydrogen-bond acceptors (Lipinski definition) is 9. The molecule has 0 spiro atoms. The van der Waals surface area contributed by atoms with Crippen molar-refractivity contribution in [1.82, 2.24) is 5.32 Å². The highest BCUT2D eigenvalue weighted by molar-refractivity contribution is 6.61. The lowest BCUT2D eigenvalue weighted by Crippen LogP contribution is -2.40. The molecule has 0 unspecified atom stereocenters. The Bertz CT molecular complexity index is 330. The molecule has 11 heteroatoms. The van der Waals surface area contributed by atoms with Gasteiger partial charge in [0.05, 0.1) is 51.7 Å². The van der Waals surface area contributed by atoms with Crippen molar-refractivity contribution in [2.45, 2.75) is 51.6 Å². The third-order valence-electron chi connectivity index (χ3n) is 2.68. The molecular weight excluding hydrogens is 384 g/mol. The minimum absolute atomic E-state index is 0.142. The van der Waals surface area contributed by atoms with Crippen molar-refractivity contribution in [2.75, 3.05) is 39.6 Å². The molecule has 0 saturated carbocycles. The van der Waals surface area contributed by atoms with Gasteiger partial charge in [0.2, 0.25) is 0 Å². The fourth-order valence-electron chi connectivity index (χ4n) is 1.02. The summed E-state index contributed by atoms with van der Waals surface area (Å²) in [7, 11) is 0. The standard InChI is InChI=1S/C8H17NO4.C5H9ClO2.C3H9NO2/c1-2-3-4-13-8(12)9-7(5-10)6-11;1-2-3-4-8-5(6)7;4-3(1-5)2-6/h7,10-11H,2-6H2,1H3,(H,9,12);2-4H2,1H3;3,5-6H,1-2,4H2. The Labute approximate surface area is 165 Å². The zero-order valence-electron chi connectivity index (χ0n) is 16.1. The van der Waals surface area contributed by atoms with Gasteiger partial charge in [0, 0.05) is 11.6 Å². The zero-order chi connectivity index (χ0) is 21.5. The van der Waals surface area contributed by atoms with Gasteiger partial charge in [0.1, 0.15) is 0 Å². The number of aliphatic hydroxyl groups is 4. The van der Waals surface area contributed by atoms with Crippen LogP contribution >= 0.6 is 11.6 Å². The first-order chi connectivity index (χ1) is 12.8. The predicted molar refractivity (Wildman–Crippen MR) is 102 cm³/mol. The van der Waals surface area contributed by atoms with Crippen LogP contribution in [-0.4, -0.2) is 83.7 Å². The number of nitrogens with two attached hydrogens (primary N) is 1. The van der Waals surface area contributed by atoms with Gasteiger partial charge in [-0.2, -0.15) is 0 Å². The number of carbonyl (C=O) groups excluding carboxylic acids is 2. The van der Waals surface area contributed by atoms with Crippen LogP contribution in [0.1, 0.15) is 39.5 Å². The number of ether oxygens (including phenoxy) is 2. The Morgan fingerprint density at radius 3 is 1.67 bits per heavy atom. The monoisotopic (exact) mass is 418 g/mol. The van der Waals surface area contributed by atoms with Gasteiger partial charge in [-0.25, -0.2) is 9.59 Å². The number of amides is 1. The number of nitrogens with one attached hydrogen (secondary N) is 1. The highest BCUT2D eigenvalue weighted by atomic mass is 35.5. The van der Waals surface area contributed by atoms with Crippen molar-refractivity contribution < 1.29 is 39.5 Å². The lowest BCUT2D eigenvalue weighted by atomic mass is 10.3. The largest absolute Gasteiger partial charge is 0.454 e. The molecule has 0 aromatic heterocycles. The van der Waals surface area contributed by atoms with Crippen molar-refractivity contribution in [3.8, 4) is 0 Å². The van der Waals surface area contributed by atoms with Gasteiger partial charge in [-0.15, -0.1) is 0 Å². The van der Waals surface area contributed by atoms with Crippen LogP contribution < -0.4 is 11.1 Å². The summed E-state index contributed by atoms with van der Waals surface area (Å²) in [5.74, 6) is 0. The van der Waals surface area contributed by atoms with Crippen molar-refractivity contribution in [1.29, 1.82) is 0 Å². The highest BCUT2D eigenvalue weighted by Gasteiger charge is 2.09. The maximum Gasteiger partial charge on any atom is 0.407 e. The molecule has 0 atom stereocenters. The second kappa shape index (κ2) is 24.8. The van der Waals surface area contributed by atoms with Crippen LogP contribution in [0.4, 0.5) is 9.59 Å². The molecule has 0 radical (unpaired) electrons. The molecular formula is C16H35ClN2O8. The van der Waals surface area contributed by atoms with Crippen LogP contribution in [0.2, 0.25) is 0 Å². The molecule has 0 aromatic rings. The molecule has 0 saturated heterocycles. The molecule has 27 heavy (non-hydrogen) atoms. The molecule has 0 fully saturated rings. The summed E-state index contributed by atoms with van der Waals surface area (Å²) in [6.45, 7) is 3.95. The van der Waals surface area contributed by atoms with Gasteiger partial charge in [-0.05, 0) is 12.8 Å². The number of unbranched alkanes of at least 4 members (excludes halogenated alkanes) is 2. The molecule has 0 heterocycles. The summed E-state index contributed by atoms with van der Waals surface area (Å²) in [5.41, 5.74) is 4.26. The van der Waals surface area contributed by atoms with Gasteiger partial charge < -0.3 is 41.0 Å². The molecule has 0 aliphatic heterocycles. The Morgan fingerprint density at radius 1 is 0.926 bits per heavy atom. The Kier molecular flexibility index (Phi) is 28.1. The van der Waals surface area contributed by atoms with Crippen LogP contribution in [0.3, 0.4) is 0 Å². The molecule has 0 aromatic carbocycles. The van der Waals surface area contributed by atoms with E-state index in [1.165, 1.54) is 0 Å². The number of carbonyl (C=O) groups is 2. The Hall–Kier alpha value is -1.17. The number of hydrogen-bond donors (Lipinski definition) is 6. The van der Waals surface area contributed by atoms with Crippen LogP contribution in [0, 0.1) is 0 Å². The SMILES string of the molecule is CCCCOC(=O)Cl.CCCCOC(=O)NC(CO)CO.NC(CO)CO. The first-order valence-corrected chi connectivity index (χ1v) is 9.14. The molecule has 0 aliphatic rings.